The Bertz CT molecular complexity index is 280. The van der Waals surface area contributed by atoms with Crippen molar-refractivity contribution in [1.29, 1.82) is 0 Å². The summed E-state index contributed by atoms with van der Waals surface area (Å²) in [6, 6.07) is 6.95. The molecule has 72 valence electrons. The molecule has 0 heterocycles. The molecule has 0 aromatic heterocycles. The third-order valence-electron chi connectivity index (χ3n) is 1.84. The van der Waals surface area contributed by atoms with Crippen molar-refractivity contribution in [3.8, 4) is 0 Å². The number of nitrogens with two attached hydrogens (primary N) is 1. The quantitative estimate of drug-likeness (QED) is 0.551. The van der Waals surface area contributed by atoms with E-state index in [1.807, 2.05) is 0 Å². The highest BCUT2D eigenvalue weighted by Crippen LogP contribution is 2.23. The summed E-state index contributed by atoms with van der Waals surface area (Å²) >= 11 is 3.09. The Labute approximate surface area is 85.3 Å². The van der Waals surface area contributed by atoms with Crippen molar-refractivity contribution in [2.75, 3.05) is 11.1 Å². The Morgan fingerprint density at radius 2 is 1.92 bits per heavy atom. The molecular weight excluding hydrogens is 234 g/mol. The molecule has 0 radical (unpaired) electrons. The highest BCUT2D eigenvalue weighted by Gasteiger charge is 2.18. The number of aliphatic hydroxyl groups is 2. The molecule has 0 aliphatic heterocycles. The van der Waals surface area contributed by atoms with E-state index in [2.05, 4.69) is 15.9 Å². The van der Waals surface area contributed by atoms with Crippen molar-refractivity contribution >= 4 is 21.6 Å². The third-order valence-corrected chi connectivity index (χ3v) is 2.50. The van der Waals surface area contributed by atoms with E-state index in [0.717, 1.165) is 0 Å². The van der Waals surface area contributed by atoms with Crippen molar-refractivity contribution < 1.29 is 10.2 Å². The Morgan fingerprint density at radius 3 is 2.46 bits per heavy atom. The number of anilines is 1. The van der Waals surface area contributed by atoms with Crippen LogP contribution in [-0.4, -0.2) is 21.6 Å². The fourth-order valence-electron chi connectivity index (χ4n) is 1.07. The summed E-state index contributed by atoms with van der Waals surface area (Å²) < 4.78 is 0. The smallest absolute Gasteiger partial charge is 0.108 e. The summed E-state index contributed by atoms with van der Waals surface area (Å²) in [4.78, 5) is 0. The highest BCUT2D eigenvalue weighted by atomic mass is 79.9. The normalized spacial score (nSPS) is 15.3. The van der Waals surface area contributed by atoms with Crippen LogP contribution < -0.4 is 5.73 Å². The first kappa shape index (κ1) is 10.5. The maximum Gasteiger partial charge on any atom is 0.108 e. The highest BCUT2D eigenvalue weighted by molar-refractivity contribution is 9.09. The second-order valence-corrected chi connectivity index (χ2v) is 3.44. The number of benzene rings is 1. The van der Waals surface area contributed by atoms with Crippen LogP contribution in [0.1, 0.15) is 11.7 Å². The minimum Gasteiger partial charge on any atom is -0.398 e. The minimum absolute atomic E-state index is 0.322. The molecule has 0 saturated heterocycles. The summed E-state index contributed by atoms with van der Waals surface area (Å²) in [6.45, 7) is 0. The monoisotopic (exact) mass is 245 g/mol. The molecule has 3 nitrogen and oxygen atoms in total. The lowest BCUT2D eigenvalue weighted by Crippen LogP contribution is -2.20. The Balaban J connectivity index is 2.88. The molecule has 4 heteroatoms. The predicted molar refractivity (Wildman–Crippen MR) is 55.6 cm³/mol. The maximum absolute atomic E-state index is 9.61. The summed E-state index contributed by atoms with van der Waals surface area (Å²) in [5.74, 6) is 0. The predicted octanol–water partition coefficient (Wildman–Crippen LogP) is 1.06. The van der Waals surface area contributed by atoms with E-state index in [4.69, 9.17) is 5.73 Å². The van der Waals surface area contributed by atoms with E-state index < -0.39 is 12.2 Å². The van der Waals surface area contributed by atoms with Crippen molar-refractivity contribution in [2.45, 2.75) is 12.2 Å². The summed E-state index contributed by atoms with van der Waals surface area (Å²) in [6.07, 6.45) is -1.76. The molecule has 0 aliphatic rings. The lowest BCUT2D eigenvalue weighted by molar-refractivity contribution is 0.0347. The zero-order valence-corrected chi connectivity index (χ0v) is 8.61. The molecule has 1 aromatic carbocycles. The number of aliphatic hydroxyl groups excluding tert-OH is 2. The number of nitrogen functional groups attached to an aromatic ring is 1. The van der Waals surface area contributed by atoms with Gasteiger partial charge < -0.3 is 15.9 Å². The maximum atomic E-state index is 9.61. The van der Waals surface area contributed by atoms with E-state index in [1.54, 1.807) is 24.3 Å². The van der Waals surface area contributed by atoms with Gasteiger partial charge in [0.1, 0.15) is 6.10 Å². The first-order valence-electron chi connectivity index (χ1n) is 3.93. The standard InChI is InChI=1S/C9H12BrNO2/c10-5-8(12)9(13)6-3-1-2-4-7(6)11/h1-4,8-9,12-13H,5,11H2. The first-order valence-corrected chi connectivity index (χ1v) is 5.05. The van der Waals surface area contributed by atoms with Gasteiger partial charge in [0.2, 0.25) is 0 Å². The van der Waals surface area contributed by atoms with Gasteiger partial charge in [-0.15, -0.1) is 0 Å². The van der Waals surface area contributed by atoms with Gasteiger partial charge in [-0.25, -0.2) is 0 Å². The zero-order chi connectivity index (χ0) is 9.84. The molecule has 0 bridgehead atoms. The van der Waals surface area contributed by atoms with Crippen LogP contribution in [0.2, 0.25) is 0 Å². The SMILES string of the molecule is Nc1ccccc1C(O)C(O)CBr. The summed E-state index contributed by atoms with van der Waals surface area (Å²) in [5, 5.41) is 19.3. The topological polar surface area (TPSA) is 66.5 Å². The second kappa shape index (κ2) is 4.60. The molecule has 0 aliphatic carbocycles. The number of para-hydroxylation sites is 1. The zero-order valence-electron chi connectivity index (χ0n) is 7.02. The molecule has 13 heavy (non-hydrogen) atoms. The van der Waals surface area contributed by atoms with Gasteiger partial charge in [0, 0.05) is 16.6 Å². The molecule has 0 saturated carbocycles. The Morgan fingerprint density at radius 1 is 1.31 bits per heavy atom. The van der Waals surface area contributed by atoms with Crippen molar-refractivity contribution in [2.24, 2.45) is 0 Å². The van der Waals surface area contributed by atoms with Gasteiger partial charge in [0.25, 0.3) is 0 Å². The Hall–Kier alpha value is -0.580. The van der Waals surface area contributed by atoms with Crippen LogP contribution in [0.3, 0.4) is 0 Å². The van der Waals surface area contributed by atoms with Crippen LogP contribution in [-0.2, 0) is 0 Å². The van der Waals surface area contributed by atoms with Crippen LogP contribution >= 0.6 is 15.9 Å². The fraction of sp³-hybridized carbons (Fsp3) is 0.333. The first-order chi connectivity index (χ1) is 6.16. The van der Waals surface area contributed by atoms with Crippen LogP contribution in [0.25, 0.3) is 0 Å². The lowest BCUT2D eigenvalue weighted by atomic mass is 10.0. The minimum atomic E-state index is -0.930. The van der Waals surface area contributed by atoms with Gasteiger partial charge in [0.05, 0.1) is 6.10 Å². The average Bonchev–Trinajstić information content (AvgIpc) is 2.16. The van der Waals surface area contributed by atoms with Crippen LogP contribution in [0.15, 0.2) is 24.3 Å². The molecule has 1 rings (SSSR count). The van der Waals surface area contributed by atoms with E-state index >= 15 is 0 Å². The molecule has 1 aromatic rings. The number of hydrogen-bond acceptors (Lipinski definition) is 3. The number of hydrogen-bond donors (Lipinski definition) is 3. The van der Waals surface area contributed by atoms with Gasteiger partial charge >= 0.3 is 0 Å². The van der Waals surface area contributed by atoms with Crippen LogP contribution in [0.4, 0.5) is 5.69 Å². The van der Waals surface area contributed by atoms with Crippen molar-refractivity contribution in [3.63, 3.8) is 0 Å². The Kier molecular flexibility index (Phi) is 3.71. The number of rotatable bonds is 3. The molecule has 2 atom stereocenters. The molecular formula is C9H12BrNO2. The van der Waals surface area contributed by atoms with E-state index in [9.17, 15) is 10.2 Å². The lowest BCUT2D eigenvalue weighted by Gasteiger charge is -2.17. The van der Waals surface area contributed by atoms with E-state index in [0.29, 0.717) is 16.6 Å². The van der Waals surface area contributed by atoms with Crippen molar-refractivity contribution in [1.82, 2.24) is 0 Å². The van der Waals surface area contributed by atoms with Gasteiger partial charge in [-0.1, -0.05) is 34.1 Å². The van der Waals surface area contributed by atoms with E-state index in [1.165, 1.54) is 0 Å². The number of halogens is 1. The van der Waals surface area contributed by atoms with Crippen molar-refractivity contribution in [3.05, 3.63) is 29.8 Å². The average molecular weight is 246 g/mol. The second-order valence-electron chi connectivity index (χ2n) is 2.80. The van der Waals surface area contributed by atoms with E-state index in [-0.39, 0.29) is 0 Å². The summed E-state index contributed by atoms with van der Waals surface area (Å²) in [7, 11) is 0. The van der Waals surface area contributed by atoms with Gasteiger partial charge in [-0.3, -0.25) is 0 Å². The molecule has 0 fully saturated rings. The third kappa shape index (κ3) is 2.43. The van der Waals surface area contributed by atoms with Crippen LogP contribution in [0.5, 0.6) is 0 Å². The van der Waals surface area contributed by atoms with Gasteiger partial charge in [-0.05, 0) is 6.07 Å². The number of alkyl halides is 1. The molecule has 4 N–H and O–H groups in total. The molecule has 0 spiro atoms. The molecule has 2 unspecified atom stereocenters. The summed E-state index contributed by atoms with van der Waals surface area (Å²) in [5.41, 5.74) is 6.69. The van der Waals surface area contributed by atoms with Gasteiger partial charge in [-0.2, -0.15) is 0 Å². The van der Waals surface area contributed by atoms with Crippen LogP contribution in [0, 0.1) is 0 Å². The molecule has 0 amide bonds. The fourth-order valence-corrected chi connectivity index (χ4v) is 1.43. The van der Waals surface area contributed by atoms with Gasteiger partial charge in [0.15, 0.2) is 0 Å². The largest absolute Gasteiger partial charge is 0.398 e.